The Morgan fingerprint density at radius 3 is 2.24 bits per heavy atom. The summed E-state index contributed by atoms with van der Waals surface area (Å²) in [6.07, 6.45) is 0.228. The third-order valence-corrected chi connectivity index (χ3v) is 5.50. The van der Waals surface area contributed by atoms with Crippen LogP contribution in [-0.2, 0) is 10.0 Å². The van der Waals surface area contributed by atoms with Gasteiger partial charge in [-0.05, 0) is 12.1 Å². The molecule has 10 heteroatoms. The molecule has 2 aromatic carbocycles. The fraction of sp³-hybridized carbons (Fsp3) is 0.211. The molecule has 1 aromatic heterocycles. The Balaban J connectivity index is 1.77. The second-order valence-electron chi connectivity index (χ2n) is 6.16. The van der Waals surface area contributed by atoms with Crippen molar-refractivity contribution in [2.45, 2.75) is 11.3 Å². The van der Waals surface area contributed by atoms with E-state index in [0.29, 0.717) is 42.3 Å². The Kier molecular flexibility index (Phi) is 5.05. The van der Waals surface area contributed by atoms with Gasteiger partial charge in [0.2, 0.25) is 0 Å². The van der Waals surface area contributed by atoms with E-state index < -0.39 is 10.0 Å². The van der Waals surface area contributed by atoms with Gasteiger partial charge in [-0.2, -0.15) is 5.26 Å². The highest BCUT2D eigenvalue weighted by atomic mass is 32.2. The predicted molar refractivity (Wildman–Crippen MR) is 106 cm³/mol. The largest absolute Gasteiger partial charge is 0.486 e. The number of anilines is 2. The molecule has 0 radical (unpaired) electrons. The first-order valence-electron chi connectivity index (χ1n) is 8.87. The molecule has 2 heterocycles. The molecule has 3 aromatic rings. The quantitative estimate of drug-likeness (QED) is 0.593. The van der Waals surface area contributed by atoms with Gasteiger partial charge in [0.1, 0.15) is 13.2 Å². The molecular formula is C19H17N5O4S. The maximum atomic E-state index is 12.7. The van der Waals surface area contributed by atoms with Crippen LogP contribution in [0.2, 0.25) is 0 Å². The van der Waals surface area contributed by atoms with E-state index in [4.69, 9.17) is 14.7 Å². The summed E-state index contributed by atoms with van der Waals surface area (Å²) in [6, 6.07) is 13.4. The number of nitrogens with one attached hydrogen (secondary N) is 2. The number of rotatable bonds is 6. The lowest BCUT2D eigenvalue weighted by Crippen LogP contribution is -2.17. The third kappa shape index (κ3) is 4.00. The number of hydrogen-bond acceptors (Lipinski definition) is 8. The predicted octanol–water partition coefficient (Wildman–Crippen LogP) is 2.53. The van der Waals surface area contributed by atoms with Crippen molar-refractivity contribution in [2.75, 3.05) is 29.8 Å². The van der Waals surface area contributed by atoms with Gasteiger partial charge in [0, 0.05) is 18.7 Å². The highest BCUT2D eigenvalue weighted by Gasteiger charge is 2.20. The van der Waals surface area contributed by atoms with E-state index >= 15 is 0 Å². The van der Waals surface area contributed by atoms with E-state index in [1.54, 1.807) is 30.3 Å². The van der Waals surface area contributed by atoms with E-state index in [1.165, 1.54) is 12.1 Å². The highest BCUT2D eigenvalue weighted by Crippen LogP contribution is 2.35. The first kappa shape index (κ1) is 18.8. The molecule has 148 valence electrons. The van der Waals surface area contributed by atoms with Crippen LogP contribution in [0.25, 0.3) is 11.0 Å². The van der Waals surface area contributed by atoms with Crippen molar-refractivity contribution in [1.29, 1.82) is 5.26 Å². The molecule has 0 bridgehead atoms. The molecule has 1 aliphatic rings. The number of hydrogen-bond donors (Lipinski definition) is 2. The molecular weight excluding hydrogens is 394 g/mol. The molecule has 0 fully saturated rings. The summed E-state index contributed by atoms with van der Waals surface area (Å²) in [4.78, 5) is 9.03. The molecule has 29 heavy (non-hydrogen) atoms. The Bertz CT molecular complexity index is 1190. The molecule has 0 spiro atoms. The Morgan fingerprint density at radius 1 is 1.00 bits per heavy atom. The minimum Gasteiger partial charge on any atom is -0.486 e. The Hall–Kier alpha value is -3.58. The van der Waals surface area contributed by atoms with Gasteiger partial charge in [0.25, 0.3) is 10.0 Å². The smallest absolute Gasteiger partial charge is 0.263 e. The van der Waals surface area contributed by atoms with E-state index in [-0.39, 0.29) is 23.0 Å². The lowest BCUT2D eigenvalue weighted by atomic mass is 10.2. The fourth-order valence-corrected chi connectivity index (χ4v) is 3.84. The zero-order chi connectivity index (χ0) is 20.3. The van der Waals surface area contributed by atoms with Crippen molar-refractivity contribution in [3.05, 3.63) is 42.5 Å². The van der Waals surface area contributed by atoms with Crippen LogP contribution in [0.1, 0.15) is 6.42 Å². The van der Waals surface area contributed by atoms with E-state index in [9.17, 15) is 8.42 Å². The molecule has 9 nitrogen and oxygen atoms in total. The maximum Gasteiger partial charge on any atom is 0.263 e. The lowest BCUT2D eigenvalue weighted by Gasteiger charge is -2.19. The minimum absolute atomic E-state index is 0.0379. The number of fused-ring (bicyclic) bond motifs is 2. The van der Waals surface area contributed by atoms with Gasteiger partial charge in [0.15, 0.2) is 23.1 Å². The highest BCUT2D eigenvalue weighted by molar-refractivity contribution is 7.92. The summed E-state index contributed by atoms with van der Waals surface area (Å²) in [5, 5.41) is 11.8. The summed E-state index contributed by atoms with van der Waals surface area (Å²) in [7, 11) is -3.87. The van der Waals surface area contributed by atoms with Crippen molar-refractivity contribution in [3.8, 4) is 17.6 Å². The molecule has 1 aliphatic heterocycles. The van der Waals surface area contributed by atoms with Crippen LogP contribution in [0.3, 0.4) is 0 Å². The van der Waals surface area contributed by atoms with Gasteiger partial charge in [-0.1, -0.05) is 18.2 Å². The summed E-state index contributed by atoms with van der Waals surface area (Å²) >= 11 is 0. The van der Waals surface area contributed by atoms with Crippen molar-refractivity contribution in [1.82, 2.24) is 9.97 Å². The Morgan fingerprint density at radius 2 is 1.62 bits per heavy atom. The molecule has 0 amide bonds. The third-order valence-electron chi connectivity index (χ3n) is 4.14. The van der Waals surface area contributed by atoms with Crippen LogP contribution >= 0.6 is 0 Å². The molecule has 0 atom stereocenters. The number of sulfonamides is 1. The van der Waals surface area contributed by atoms with Crippen LogP contribution in [0, 0.1) is 11.3 Å². The number of ether oxygens (including phenoxy) is 2. The monoisotopic (exact) mass is 411 g/mol. The lowest BCUT2D eigenvalue weighted by molar-refractivity contribution is 0.172. The molecule has 0 aliphatic carbocycles. The number of aromatic nitrogens is 2. The van der Waals surface area contributed by atoms with Crippen molar-refractivity contribution in [2.24, 2.45) is 0 Å². The second kappa shape index (κ2) is 7.81. The summed E-state index contributed by atoms with van der Waals surface area (Å²) < 4.78 is 39.1. The SMILES string of the molecule is N#CCCNc1nc2cc3c(cc2nc1NS(=O)(=O)c1ccccc1)OCCO3. The molecule has 2 N–H and O–H groups in total. The zero-order valence-corrected chi connectivity index (χ0v) is 16.1. The van der Waals surface area contributed by atoms with Gasteiger partial charge in [0.05, 0.1) is 28.4 Å². The molecule has 0 saturated carbocycles. The van der Waals surface area contributed by atoms with Gasteiger partial charge < -0.3 is 14.8 Å². The van der Waals surface area contributed by atoms with Crippen LogP contribution in [0.15, 0.2) is 47.4 Å². The normalized spacial score (nSPS) is 12.9. The molecule has 0 saturated heterocycles. The summed E-state index contributed by atoms with van der Waals surface area (Å²) in [5.41, 5.74) is 0.960. The standard InChI is InChI=1S/C19H17N5O4S/c20-7-4-8-21-18-19(24-29(25,26)13-5-2-1-3-6-13)23-15-12-17-16(11-14(15)22-18)27-9-10-28-17/h1-3,5-6,11-12H,4,8-10H2,(H,21,22)(H,23,24). The van der Waals surface area contributed by atoms with Crippen molar-refractivity contribution >= 4 is 32.7 Å². The van der Waals surface area contributed by atoms with E-state index in [2.05, 4.69) is 20.0 Å². The molecule has 4 rings (SSSR count). The van der Waals surface area contributed by atoms with Crippen molar-refractivity contribution in [3.63, 3.8) is 0 Å². The Labute approximate surface area is 167 Å². The van der Waals surface area contributed by atoms with Gasteiger partial charge in [-0.15, -0.1) is 0 Å². The van der Waals surface area contributed by atoms with Crippen LogP contribution < -0.4 is 19.5 Å². The number of nitriles is 1. The minimum atomic E-state index is -3.87. The number of benzene rings is 2. The first-order valence-corrected chi connectivity index (χ1v) is 10.4. The molecule has 0 unspecified atom stereocenters. The maximum absolute atomic E-state index is 12.7. The summed E-state index contributed by atoms with van der Waals surface area (Å²) in [5.74, 6) is 1.35. The first-order chi connectivity index (χ1) is 14.1. The van der Waals surface area contributed by atoms with Crippen molar-refractivity contribution < 1.29 is 17.9 Å². The van der Waals surface area contributed by atoms with Crippen LogP contribution in [0.5, 0.6) is 11.5 Å². The van der Waals surface area contributed by atoms with Crippen LogP contribution in [-0.4, -0.2) is 38.1 Å². The van der Waals surface area contributed by atoms with Crippen LogP contribution in [0.4, 0.5) is 11.6 Å². The topological polar surface area (TPSA) is 126 Å². The average Bonchev–Trinajstić information content (AvgIpc) is 2.73. The van der Waals surface area contributed by atoms with Gasteiger partial charge in [-0.3, -0.25) is 4.72 Å². The van der Waals surface area contributed by atoms with E-state index in [0.717, 1.165) is 0 Å². The summed E-state index contributed by atoms with van der Waals surface area (Å²) in [6.45, 7) is 1.16. The average molecular weight is 411 g/mol. The van der Waals surface area contributed by atoms with Gasteiger partial charge in [-0.25, -0.2) is 18.4 Å². The van der Waals surface area contributed by atoms with Gasteiger partial charge >= 0.3 is 0 Å². The fourth-order valence-electron chi connectivity index (χ4n) is 2.81. The second-order valence-corrected chi connectivity index (χ2v) is 7.84. The van der Waals surface area contributed by atoms with E-state index in [1.807, 2.05) is 6.07 Å². The zero-order valence-electron chi connectivity index (χ0n) is 15.3. The number of nitrogens with zero attached hydrogens (tertiary/aromatic N) is 3.